The van der Waals surface area contributed by atoms with Gasteiger partial charge in [-0.2, -0.15) is 5.10 Å². The van der Waals surface area contributed by atoms with E-state index in [0.29, 0.717) is 6.54 Å². The highest BCUT2D eigenvalue weighted by atomic mass is 32.1. The Kier molecular flexibility index (Phi) is 4.32. The summed E-state index contributed by atoms with van der Waals surface area (Å²) in [6.07, 6.45) is 3.90. The number of aryl methyl sites for hydroxylation is 2. The highest BCUT2D eigenvalue weighted by molar-refractivity contribution is 7.15. The van der Waals surface area contributed by atoms with Crippen molar-refractivity contribution in [2.24, 2.45) is 0 Å². The first kappa shape index (κ1) is 15.9. The molecule has 0 radical (unpaired) electrons. The number of hydrogen-bond acceptors (Lipinski definition) is 5. The van der Waals surface area contributed by atoms with Gasteiger partial charge in [-0.3, -0.25) is 13.9 Å². The average molecular weight is 331 g/mol. The summed E-state index contributed by atoms with van der Waals surface area (Å²) in [4.78, 5) is 17.5. The topological polar surface area (TPSA) is 64.2 Å². The molecule has 0 aromatic carbocycles. The van der Waals surface area contributed by atoms with Crippen molar-refractivity contribution in [1.82, 2.24) is 24.5 Å². The maximum Gasteiger partial charge on any atom is 0.259 e. The van der Waals surface area contributed by atoms with Crippen LogP contribution in [0.15, 0.2) is 28.6 Å². The summed E-state index contributed by atoms with van der Waals surface area (Å²) in [5, 5.41) is 9.75. The molecular weight excluding hydrogens is 310 g/mol. The zero-order valence-corrected chi connectivity index (χ0v) is 14.6. The van der Waals surface area contributed by atoms with E-state index in [2.05, 4.69) is 29.2 Å². The van der Waals surface area contributed by atoms with Gasteiger partial charge in [0.2, 0.25) is 0 Å². The summed E-state index contributed by atoms with van der Waals surface area (Å²) in [7, 11) is 0. The van der Waals surface area contributed by atoms with Gasteiger partial charge in [-0.15, -0.1) is 11.3 Å². The van der Waals surface area contributed by atoms with Gasteiger partial charge < -0.3 is 5.32 Å². The number of rotatable bonds is 5. The molecule has 23 heavy (non-hydrogen) atoms. The molecular formula is C16H21N5OS. The van der Waals surface area contributed by atoms with Crippen molar-refractivity contribution < 1.29 is 0 Å². The van der Waals surface area contributed by atoms with Crippen molar-refractivity contribution >= 4 is 16.3 Å². The lowest BCUT2D eigenvalue weighted by atomic mass is 10.1. The van der Waals surface area contributed by atoms with Crippen LogP contribution in [0.2, 0.25) is 0 Å². The maximum atomic E-state index is 12.2. The number of hydrogen-bond donors (Lipinski definition) is 1. The number of nitrogens with one attached hydrogen (secondary N) is 1. The van der Waals surface area contributed by atoms with Crippen LogP contribution in [0.4, 0.5) is 0 Å². The summed E-state index contributed by atoms with van der Waals surface area (Å²) < 4.78 is 3.61. The van der Waals surface area contributed by atoms with Gasteiger partial charge in [-0.25, -0.2) is 4.98 Å². The molecule has 6 nitrogen and oxygen atoms in total. The summed E-state index contributed by atoms with van der Waals surface area (Å²) in [6, 6.07) is 2.03. The molecule has 0 saturated heterocycles. The van der Waals surface area contributed by atoms with Crippen LogP contribution < -0.4 is 10.9 Å². The molecule has 0 aliphatic carbocycles. The van der Waals surface area contributed by atoms with Crippen LogP contribution in [0.1, 0.15) is 36.8 Å². The second-order valence-electron chi connectivity index (χ2n) is 5.99. The monoisotopic (exact) mass is 331 g/mol. The summed E-state index contributed by atoms with van der Waals surface area (Å²) >= 11 is 1.49. The number of thiazole rings is 1. The van der Waals surface area contributed by atoms with Gasteiger partial charge in [0.05, 0.1) is 17.9 Å². The molecule has 122 valence electrons. The Labute approximate surface area is 138 Å². The third-order valence-corrected chi connectivity index (χ3v) is 5.05. The third kappa shape index (κ3) is 3.20. The Balaban J connectivity index is 1.71. The van der Waals surface area contributed by atoms with E-state index in [9.17, 15) is 4.79 Å². The average Bonchev–Trinajstić information content (AvgIpc) is 3.10. The highest BCUT2D eigenvalue weighted by Gasteiger charge is 2.15. The molecule has 0 spiro atoms. The molecule has 7 heteroatoms. The van der Waals surface area contributed by atoms with Crippen molar-refractivity contribution in [2.75, 3.05) is 0 Å². The van der Waals surface area contributed by atoms with Crippen LogP contribution in [-0.2, 0) is 6.54 Å². The van der Waals surface area contributed by atoms with E-state index in [1.165, 1.54) is 11.3 Å². The number of aromatic nitrogens is 4. The minimum Gasteiger partial charge on any atom is -0.307 e. The van der Waals surface area contributed by atoms with Crippen LogP contribution in [-0.4, -0.2) is 25.2 Å². The quantitative estimate of drug-likeness (QED) is 0.779. The van der Waals surface area contributed by atoms with Crippen molar-refractivity contribution in [3.05, 3.63) is 51.1 Å². The van der Waals surface area contributed by atoms with Gasteiger partial charge in [0.15, 0.2) is 4.96 Å². The van der Waals surface area contributed by atoms with Gasteiger partial charge >= 0.3 is 0 Å². The fraction of sp³-hybridized carbons (Fsp3) is 0.438. The lowest BCUT2D eigenvalue weighted by molar-refractivity contribution is 0.363. The predicted octanol–water partition coefficient (Wildman–Crippen LogP) is 2.31. The molecule has 2 atom stereocenters. The zero-order chi connectivity index (χ0) is 16.6. The molecule has 0 unspecified atom stereocenters. The Morgan fingerprint density at radius 2 is 2.13 bits per heavy atom. The normalized spacial score (nSPS) is 14.3. The fourth-order valence-corrected chi connectivity index (χ4v) is 3.40. The first-order chi connectivity index (χ1) is 11.0. The molecule has 3 rings (SSSR count). The first-order valence-corrected chi connectivity index (χ1v) is 8.54. The lowest BCUT2D eigenvalue weighted by Crippen LogP contribution is -2.34. The van der Waals surface area contributed by atoms with E-state index in [-0.39, 0.29) is 17.6 Å². The second-order valence-corrected chi connectivity index (χ2v) is 6.83. The second kappa shape index (κ2) is 6.25. The van der Waals surface area contributed by atoms with Gasteiger partial charge in [0.25, 0.3) is 5.56 Å². The van der Waals surface area contributed by atoms with E-state index in [4.69, 9.17) is 0 Å². The lowest BCUT2D eigenvalue weighted by Gasteiger charge is -2.21. The molecule has 0 amide bonds. The van der Waals surface area contributed by atoms with E-state index < -0.39 is 0 Å². The van der Waals surface area contributed by atoms with E-state index in [1.54, 1.807) is 10.5 Å². The van der Waals surface area contributed by atoms with Crippen LogP contribution in [0, 0.1) is 13.8 Å². The van der Waals surface area contributed by atoms with Crippen LogP contribution in [0.3, 0.4) is 0 Å². The highest BCUT2D eigenvalue weighted by Crippen LogP contribution is 2.13. The molecule has 0 saturated carbocycles. The van der Waals surface area contributed by atoms with Crippen molar-refractivity contribution in [3.8, 4) is 0 Å². The van der Waals surface area contributed by atoms with Crippen LogP contribution >= 0.6 is 11.3 Å². The third-order valence-electron chi connectivity index (χ3n) is 4.11. The molecule has 0 fully saturated rings. The Morgan fingerprint density at radius 3 is 2.83 bits per heavy atom. The Morgan fingerprint density at radius 1 is 1.35 bits per heavy atom. The summed E-state index contributed by atoms with van der Waals surface area (Å²) in [5.41, 5.74) is 2.83. The number of fused-ring (bicyclic) bond motifs is 1. The number of nitrogens with zero attached hydrogens (tertiary/aromatic N) is 4. The minimum absolute atomic E-state index is 0.0195. The molecule has 3 aromatic heterocycles. The van der Waals surface area contributed by atoms with E-state index >= 15 is 0 Å². The molecule has 3 heterocycles. The molecule has 3 aromatic rings. The van der Waals surface area contributed by atoms with Crippen LogP contribution in [0.25, 0.3) is 4.96 Å². The van der Waals surface area contributed by atoms with Gasteiger partial charge in [-0.1, -0.05) is 0 Å². The summed E-state index contributed by atoms with van der Waals surface area (Å²) in [6.45, 7) is 8.75. The zero-order valence-electron chi connectivity index (χ0n) is 13.8. The fourth-order valence-electron chi connectivity index (χ4n) is 2.51. The first-order valence-electron chi connectivity index (χ1n) is 7.66. The van der Waals surface area contributed by atoms with Gasteiger partial charge in [0, 0.05) is 35.9 Å². The van der Waals surface area contributed by atoms with E-state index in [1.807, 2.05) is 36.3 Å². The van der Waals surface area contributed by atoms with Crippen molar-refractivity contribution in [2.45, 2.75) is 46.3 Å². The Hall–Kier alpha value is -1.99. The van der Waals surface area contributed by atoms with Crippen LogP contribution in [0.5, 0.6) is 0 Å². The van der Waals surface area contributed by atoms with Gasteiger partial charge in [0.1, 0.15) is 0 Å². The molecule has 1 N–H and O–H groups in total. The van der Waals surface area contributed by atoms with Crippen molar-refractivity contribution in [3.63, 3.8) is 0 Å². The maximum absolute atomic E-state index is 12.2. The van der Waals surface area contributed by atoms with Crippen molar-refractivity contribution in [1.29, 1.82) is 0 Å². The summed E-state index contributed by atoms with van der Waals surface area (Å²) in [5.74, 6) is 0. The molecule has 0 aliphatic heterocycles. The Bertz CT molecular complexity index is 878. The standard InChI is InChI=1S/C16H21N5OS/c1-10-6-18-20(8-10)13(4)12(3)17-7-14-5-15(22)21-11(2)9-23-16(21)19-14/h5-6,8-9,12-13,17H,7H2,1-4H3/t12-,13+/m0/s1. The van der Waals surface area contributed by atoms with Gasteiger partial charge in [-0.05, 0) is 33.3 Å². The minimum atomic E-state index is -0.0195. The largest absolute Gasteiger partial charge is 0.307 e. The predicted molar refractivity (Wildman–Crippen MR) is 92.1 cm³/mol. The molecule has 0 bridgehead atoms. The molecule has 0 aliphatic rings. The smallest absolute Gasteiger partial charge is 0.259 e. The SMILES string of the molecule is Cc1cnn([C@H](C)[C@H](C)NCc2cc(=O)n3c(C)csc3n2)c1. The van der Waals surface area contributed by atoms with E-state index in [0.717, 1.165) is 21.9 Å².